The number of benzene rings is 3. The maximum Gasteiger partial charge on any atom is 0.255 e. The molecule has 0 atom stereocenters. The third kappa shape index (κ3) is 5.86. The van der Waals surface area contributed by atoms with E-state index in [1.165, 1.54) is 0 Å². The van der Waals surface area contributed by atoms with Crippen LogP contribution in [0.3, 0.4) is 0 Å². The highest BCUT2D eigenvalue weighted by atomic mass is 16.5. The van der Waals surface area contributed by atoms with E-state index in [4.69, 9.17) is 9.15 Å². The van der Waals surface area contributed by atoms with E-state index < -0.39 is 0 Å². The Morgan fingerprint density at radius 3 is 2.18 bits per heavy atom. The van der Waals surface area contributed by atoms with Gasteiger partial charge in [-0.15, -0.1) is 10.2 Å². The number of amides is 2. The lowest BCUT2D eigenvalue weighted by Gasteiger charge is -2.08. The lowest BCUT2D eigenvalue weighted by atomic mass is 10.1. The van der Waals surface area contributed by atoms with Gasteiger partial charge in [0.1, 0.15) is 5.75 Å². The van der Waals surface area contributed by atoms with Crippen LogP contribution in [0.4, 0.5) is 11.4 Å². The van der Waals surface area contributed by atoms with E-state index in [0.717, 1.165) is 11.1 Å². The lowest BCUT2D eigenvalue weighted by molar-refractivity contribution is -0.116. The Bertz CT molecular complexity index is 1260. The molecule has 4 rings (SSSR count). The molecule has 172 valence electrons. The molecule has 0 fully saturated rings. The highest BCUT2D eigenvalue weighted by Gasteiger charge is 2.12. The number of hydrogen-bond donors (Lipinski definition) is 2. The predicted molar refractivity (Wildman–Crippen MR) is 129 cm³/mol. The topological polar surface area (TPSA) is 106 Å². The first-order valence-electron chi connectivity index (χ1n) is 10.7. The zero-order chi connectivity index (χ0) is 23.9. The van der Waals surface area contributed by atoms with Gasteiger partial charge in [-0.05, 0) is 67.6 Å². The number of aryl methyl sites for hydroxylation is 2. The molecule has 1 heterocycles. The monoisotopic (exact) mass is 456 g/mol. The number of ether oxygens (including phenoxy) is 1. The van der Waals surface area contributed by atoms with Gasteiger partial charge in [0, 0.05) is 35.3 Å². The molecule has 0 bridgehead atoms. The van der Waals surface area contributed by atoms with Crippen LogP contribution in [0.25, 0.3) is 11.5 Å². The Hall–Kier alpha value is -4.46. The summed E-state index contributed by atoms with van der Waals surface area (Å²) in [4.78, 5) is 24.8. The Balaban J connectivity index is 1.27. The summed E-state index contributed by atoms with van der Waals surface area (Å²) < 4.78 is 10.8. The molecule has 2 N–H and O–H groups in total. The fourth-order valence-corrected chi connectivity index (χ4v) is 3.19. The Morgan fingerprint density at radius 2 is 1.50 bits per heavy atom. The minimum absolute atomic E-state index is 0.189. The van der Waals surface area contributed by atoms with Gasteiger partial charge in [-0.2, -0.15) is 0 Å². The molecule has 0 unspecified atom stereocenters. The zero-order valence-corrected chi connectivity index (χ0v) is 18.9. The van der Waals surface area contributed by atoms with Crippen LogP contribution < -0.4 is 15.4 Å². The van der Waals surface area contributed by atoms with E-state index in [0.29, 0.717) is 40.9 Å². The molecule has 0 saturated heterocycles. The average Bonchev–Trinajstić information content (AvgIpc) is 3.33. The molecular weight excluding hydrogens is 432 g/mol. The molecule has 8 nitrogen and oxygen atoms in total. The summed E-state index contributed by atoms with van der Waals surface area (Å²) in [7, 11) is 1.58. The predicted octanol–water partition coefficient (Wildman–Crippen LogP) is 4.88. The maximum atomic E-state index is 12.4. The van der Waals surface area contributed by atoms with Gasteiger partial charge < -0.3 is 19.8 Å². The third-order valence-electron chi connectivity index (χ3n) is 5.11. The van der Waals surface area contributed by atoms with Crippen molar-refractivity contribution in [3.63, 3.8) is 0 Å². The number of hydrogen-bond acceptors (Lipinski definition) is 6. The van der Waals surface area contributed by atoms with Crippen LogP contribution in [-0.4, -0.2) is 29.1 Å². The number of rotatable bonds is 8. The standard InChI is InChI=1S/C26H24N4O4/c1-17-3-5-19(6-4-17)26-30-29-24(34-26)16-15-23(31)27-20-9-7-18(8-10-20)25(32)28-21-11-13-22(33-2)14-12-21/h3-14H,15-16H2,1-2H3,(H,27,31)(H,28,32). The van der Waals surface area contributed by atoms with Crippen molar-refractivity contribution in [2.24, 2.45) is 0 Å². The second kappa shape index (κ2) is 10.4. The van der Waals surface area contributed by atoms with E-state index in [9.17, 15) is 9.59 Å². The van der Waals surface area contributed by atoms with Crippen LogP contribution in [0.1, 0.15) is 28.2 Å². The van der Waals surface area contributed by atoms with E-state index in [1.54, 1.807) is 55.6 Å². The summed E-state index contributed by atoms with van der Waals surface area (Å²) in [5.74, 6) is 1.11. The van der Waals surface area contributed by atoms with Crippen LogP contribution in [-0.2, 0) is 11.2 Å². The smallest absolute Gasteiger partial charge is 0.255 e. The number of carbonyl (C=O) groups excluding carboxylic acids is 2. The summed E-state index contributed by atoms with van der Waals surface area (Å²) in [6.45, 7) is 2.01. The van der Waals surface area contributed by atoms with E-state index in [1.807, 2.05) is 31.2 Å². The molecular formula is C26H24N4O4. The molecule has 3 aromatic carbocycles. The van der Waals surface area contributed by atoms with Crippen molar-refractivity contribution in [3.8, 4) is 17.2 Å². The van der Waals surface area contributed by atoms with Crippen molar-refractivity contribution in [1.29, 1.82) is 0 Å². The normalized spacial score (nSPS) is 10.5. The number of aromatic nitrogens is 2. The second-order valence-corrected chi connectivity index (χ2v) is 7.68. The van der Waals surface area contributed by atoms with E-state index >= 15 is 0 Å². The van der Waals surface area contributed by atoms with Gasteiger partial charge in [0.15, 0.2) is 0 Å². The molecule has 0 saturated carbocycles. The van der Waals surface area contributed by atoms with Crippen LogP contribution >= 0.6 is 0 Å². The molecule has 0 spiro atoms. The first kappa shape index (κ1) is 22.7. The van der Waals surface area contributed by atoms with Crippen molar-refractivity contribution in [2.75, 3.05) is 17.7 Å². The van der Waals surface area contributed by atoms with Gasteiger partial charge in [0.25, 0.3) is 5.91 Å². The number of nitrogens with one attached hydrogen (secondary N) is 2. The fraction of sp³-hybridized carbons (Fsp3) is 0.154. The van der Waals surface area contributed by atoms with Crippen LogP contribution in [0.15, 0.2) is 77.2 Å². The van der Waals surface area contributed by atoms with Crippen molar-refractivity contribution in [2.45, 2.75) is 19.8 Å². The van der Waals surface area contributed by atoms with Gasteiger partial charge >= 0.3 is 0 Å². The van der Waals surface area contributed by atoms with Crippen LogP contribution in [0.5, 0.6) is 5.75 Å². The van der Waals surface area contributed by atoms with Gasteiger partial charge in [0.2, 0.25) is 17.7 Å². The molecule has 0 aliphatic heterocycles. The maximum absolute atomic E-state index is 12.4. The molecule has 2 amide bonds. The molecule has 34 heavy (non-hydrogen) atoms. The van der Waals surface area contributed by atoms with Gasteiger partial charge in [-0.25, -0.2) is 0 Å². The SMILES string of the molecule is COc1ccc(NC(=O)c2ccc(NC(=O)CCc3nnc(-c4ccc(C)cc4)o3)cc2)cc1. The van der Waals surface area contributed by atoms with Gasteiger partial charge in [-0.3, -0.25) is 9.59 Å². The third-order valence-corrected chi connectivity index (χ3v) is 5.11. The summed E-state index contributed by atoms with van der Waals surface area (Å²) in [6, 6.07) is 21.5. The Kier molecular flexibility index (Phi) is 6.98. The van der Waals surface area contributed by atoms with Crippen LogP contribution in [0.2, 0.25) is 0 Å². The Labute approximate surface area is 197 Å². The van der Waals surface area contributed by atoms with Crippen molar-refractivity contribution >= 4 is 23.2 Å². The quantitative estimate of drug-likeness (QED) is 0.392. The first-order chi connectivity index (χ1) is 16.5. The largest absolute Gasteiger partial charge is 0.497 e. The molecule has 0 aliphatic rings. The summed E-state index contributed by atoms with van der Waals surface area (Å²) in [5.41, 5.74) is 3.71. The molecule has 0 aliphatic carbocycles. The number of nitrogens with zero attached hydrogens (tertiary/aromatic N) is 2. The summed E-state index contributed by atoms with van der Waals surface area (Å²) in [5, 5.41) is 13.7. The number of anilines is 2. The fourth-order valence-electron chi connectivity index (χ4n) is 3.19. The highest BCUT2D eigenvalue weighted by molar-refractivity contribution is 6.04. The van der Waals surface area contributed by atoms with Crippen molar-refractivity contribution in [1.82, 2.24) is 10.2 Å². The molecule has 4 aromatic rings. The average molecular weight is 457 g/mol. The molecule has 1 aromatic heterocycles. The van der Waals surface area contributed by atoms with Crippen LogP contribution in [0, 0.1) is 6.92 Å². The van der Waals surface area contributed by atoms with E-state index in [-0.39, 0.29) is 18.2 Å². The van der Waals surface area contributed by atoms with Crippen molar-refractivity contribution in [3.05, 3.63) is 89.8 Å². The van der Waals surface area contributed by atoms with Gasteiger partial charge in [0.05, 0.1) is 7.11 Å². The zero-order valence-electron chi connectivity index (χ0n) is 18.9. The van der Waals surface area contributed by atoms with Crippen molar-refractivity contribution < 1.29 is 18.7 Å². The van der Waals surface area contributed by atoms with Gasteiger partial charge in [-0.1, -0.05) is 17.7 Å². The molecule has 8 heteroatoms. The van der Waals surface area contributed by atoms with E-state index in [2.05, 4.69) is 20.8 Å². The first-order valence-corrected chi connectivity index (χ1v) is 10.7. The number of carbonyl (C=O) groups is 2. The minimum Gasteiger partial charge on any atom is -0.497 e. The Morgan fingerprint density at radius 1 is 0.853 bits per heavy atom. The summed E-state index contributed by atoms with van der Waals surface area (Å²) in [6.07, 6.45) is 0.516. The molecule has 0 radical (unpaired) electrons. The highest BCUT2D eigenvalue weighted by Crippen LogP contribution is 2.19. The number of methoxy groups -OCH3 is 1. The minimum atomic E-state index is -0.246. The second-order valence-electron chi connectivity index (χ2n) is 7.68. The summed E-state index contributed by atoms with van der Waals surface area (Å²) >= 11 is 0. The lowest BCUT2D eigenvalue weighted by Crippen LogP contribution is -2.14.